The van der Waals surface area contributed by atoms with Crippen molar-refractivity contribution >= 4 is 23.5 Å². The lowest BCUT2D eigenvalue weighted by atomic mass is 9.96. The van der Waals surface area contributed by atoms with Crippen molar-refractivity contribution in [2.45, 2.75) is 38.5 Å². The Hall–Kier alpha value is -1.75. The van der Waals surface area contributed by atoms with Crippen LogP contribution in [0.15, 0.2) is 18.2 Å². The minimum absolute atomic E-state index is 0.00108. The van der Waals surface area contributed by atoms with Gasteiger partial charge in [-0.15, -0.1) is 0 Å². The monoisotopic (exact) mass is 339 g/mol. The van der Waals surface area contributed by atoms with Crippen LogP contribution < -0.4 is 10.1 Å². The van der Waals surface area contributed by atoms with Crippen LogP contribution in [0.5, 0.6) is 5.75 Å². The number of hydrogen-bond acceptors (Lipinski definition) is 3. The van der Waals surface area contributed by atoms with Gasteiger partial charge in [0, 0.05) is 18.0 Å². The van der Waals surface area contributed by atoms with Gasteiger partial charge in [0.1, 0.15) is 12.4 Å². The first-order valence-corrected chi connectivity index (χ1v) is 8.35. The molecule has 0 bridgehead atoms. The molecular formula is C17H22ClNO4. The number of carboxylic acids is 1. The molecule has 1 amide bonds. The number of halogens is 1. The van der Waals surface area contributed by atoms with Crippen molar-refractivity contribution in [1.29, 1.82) is 0 Å². The Morgan fingerprint density at radius 3 is 2.83 bits per heavy atom. The maximum atomic E-state index is 12.2. The third-order valence-corrected chi connectivity index (χ3v) is 4.15. The standard InChI is InChI=1S/C17H22ClNO4/c18-14-6-7-15-12(10-14)9-13(11-23-15)17(22)19-8-4-2-1-3-5-16(20)21/h6-7,10,13H,1-5,8-9,11H2,(H,19,22)(H,20,21). The molecule has 0 aromatic heterocycles. The number of amides is 1. The summed E-state index contributed by atoms with van der Waals surface area (Å²) < 4.78 is 5.62. The summed E-state index contributed by atoms with van der Waals surface area (Å²) >= 11 is 5.97. The predicted octanol–water partition coefficient (Wildman–Crippen LogP) is 3.04. The number of unbranched alkanes of at least 4 members (excludes halogenated alkanes) is 3. The van der Waals surface area contributed by atoms with Gasteiger partial charge in [-0.2, -0.15) is 0 Å². The van der Waals surface area contributed by atoms with Crippen LogP contribution in [-0.2, 0) is 16.0 Å². The number of hydrogen-bond donors (Lipinski definition) is 2. The minimum atomic E-state index is -0.754. The summed E-state index contributed by atoms with van der Waals surface area (Å²) in [6.45, 7) is 1.00. The van der Waals surface area contributed by atoms with Crippen molar-refractivity contribution in [2.75, 3.05) is 13.2 Å². The lowest BCUT2D eigenvalue weighted by Gasteiger charge is -2.24. The number of aliphatic carboxylic acids is 1. The third kappa shape index (κ3) is 5.75. The van der Waals surface area contributed by atoms with Gasteiger partial charge in [-0.05, 0) is 43.0 Å². The Bertz CT molecular complexity index is 562. The van der Waals surface area contributed by atoms with E-state index in [9.17, 15) is 9.59 Å². The number of carboxylic acid groups (broad SMARTS) is 1. The van der Waals surface area contributed by atoms with Gasteiger partial charge in [0.2, 0.25) is 5.91 Å². The van der Waals surface area contributed by atoms with Crippen LogP contribution >= 0.6 is 11.6 Å². The molecule has 1 atom stereocenters. The lowest BCUT2D eigenvalue weighted by molar-refractivity contribution is -0.137. The first-order chi connectivity index (χ1) is 11.1. The Morgan fingerprint density at radius 2 is 2.04 bits per heavy atom. The van der Waals surface area contributed by atoms with Crippen molar-refractivity contribution in [1.82, 2.24) is 5.32 Å². The van der Waals surface area contributed by atoms with Crippen molar-refractivity contribution in [3.05, 3.63) is 28.8 Å². The van der Waals surface area contributed by atoms with E-state index in [1.807, 2.05) is 12.1 Å². The summed E-state index contributed by atoms with van der Waals surface area (Å²) in [7, 11) is 0. The second-order valence-corrected chi connectivity index (χ2v) is 6.25. The average Bonchev–Trinajstić information content (AvgIpc) is 2.52. The van der Waals surface area contributed by atoms with E-state index < -0.39 is 5.97 Å². The maximum Gasteiger partial charge on any atom is 0.303 e. The summed E-state index contributed by atoms with van der Waals surface area (Å²) in [5, 5.41) is 12.1. The van der Waals surface area contributed by atoms with E-state index in [0.29, 0.717) is 31.0 Å². The zero-order valence-corrected chi connectivity index (χ0v) is 13.8. The second kappa shape index (κ2) is 8.77. The highest BCUT2D eigenvalue weighted by molar-refractivity contribution is 6.30. The molecular weight excluding hydrogens is 318 g/mol. The van der Waals surface area contributed by atoms with Crippen LogP contribution in [0.25, 0.3) is 0 Å². The second-order valence-electron chi connectivity index (χ2n) is 5.81. The molecule has 1 aliphatic rings. The zero-order chi connectivity index (χ0) is 16.7. The van der Waals surface area contributed by atoms with E-state index in [-0.39, 0.29) is 18.2 Å². The van der Waals surface area contributed by atoms with Crippen molar-refractivity contribution in [3.8, 4) is 5.75 Å². The zero-order valence-electron chi connectivity index (χ0n) is 13.0. The van der Waals surface area contributed by atoms with E-state index in [2.05, 4.69) is 5.32 Å². The number of nitrogens with one attached hydrogen (secondary N) is 1. The maximum absolute atomic E-state index is 12.2. The van der Waals surface area contributed by atoms with E-state index in [0.717, 1.165) is 30.6 Å². The van der Waals surface area contributed by atoms with Crippen LogP contribution in [0.3, 0.4) is 0 Å². The van der Waals surface area contributed by atoms with Crippen LogP contribution in [0, 0.1) is 5.92 Å². The number of benzene rings is 1. The number of carbonyl (C=O) groups excluding carboxylic acids is 1. The molecule has 2 N–H and O–H groups in total. The molecule has 0 saturated heterocycles. The Balaban J connectivity index is 1.66. The number of rotatable bonds is 8. The molecule has 1 aliphatic heterocycles. The molecule has 6 heteroatoms. The molecule has 5 nitrogen and oxygen atoms in total. The number of ether oxygens (including phenoxy) is 1. The molecule has 1 aromatic carbocycles. The smallest absolute Gasteiger partial charge is 0.303 e. The normalized spacial score (nSPS) is 16.3. The van der Waals surface area contributed by atoms with Crippen molar-refractivity contribution in [3.63, 3.8) is 0 Å². The fourth-order valence-corrected chi connectivity index (χ4v) is 2.84. The first kappa shape index (κ1) is 17.6. The molecule has 0 aliphatic carbocycles. The molecule has 126 valence electrons. The molecule has 1 unspecified atom stereocenters. The fourth-order valence-electron chi connectivity index (χ4n) is 2.64. The first-order valence-electron chi connectivity index (χ1n) is 7.97. The summed E-state index contributed by atoms with van der Waals surface area (Å²) in [6, 6.07) is 5.47. The Labute approximate surface area is 141 Å². The molecule has 1 heterocycles. The van der Waals surface area contributed by atoms with Crippen LogP contribution in [0.4, 0.5) is 0 Å². The Morgan fingerprint density at radius 1 is 1.26 bits per heavy atom. The predicted molar refractivity (Wildman–Crippen MR) is 87.9 cm³/mol. The van der Waals surface area contributed by atoms with E-state index >= 15 is 0 Å². The van der Waals surface area contributed by atoms with Crippen LogP contribution in [-0.4, -0.2) is 30.1 Å². The summed E-state index contributed by atoms with van der Waals surface area (Å²) in [5.74, 6) is -0.137. The van der Waals surface area contributed by atoms with Gasteiger partial charge < -0.3 is 15.2 Å². The molecule has 23 heavy (non-hydrogen) atoms. The molecule has 0 radical (unpaired) electrons. The SMILES string of the molecule is O=C(O)CCCCCCNC(=O)C1COc2ccc(Cl)cc2C1. The highest BCUT2D eigenvalue weighted by atomic mass is 35.5. The van der Waals surface area contributed by atoms with Crippen LogP contribution in [0.2, 0.25) is 5.02 Å². The van der Waals surface area contributed by atoms with Gasteiger partial charge >= 0.3 is 5.97 Å². The fraction of sp³-hybridized carbons (Fsp3) is 0.529. The molecule has 0 fully saturated rings. The van der Waals surface area contributed by atoms with Gasteiger partial charge in [0.15, 0.2) is 0 Å². The Kier molecular flexibility index (Phi) is 6.71. The highest BCUT2D eigenvalue weighted by Gasteiger charge is 2.25. The van der Waals surface area contributed by atoms with E-state index in [1.165, 1.54) is 0 Å². The van der Waals surface area contributed by atoms with Gasteiger partial charge in [-0.1, -0.05) is 24.4 Å². The molecule has 0 saturated carbocycles. The minimum Gasteiger partial charge on any atom is -0.492 e. The van der Waals surface area contributed by atoms with Crippen LogP contribution in [0.1, 0.15) is 37.7 Å². The lowest BCUT2D eigenvalue weighted by Crippen LogP contribution is -2.37. The topological polar surface area (TPSA) is 75.6 Å². The molecule has 0 spiro atoms. The molecule has 1 aromatic rings. The van der Waals surface area contributed by atoms with Gasteiger partial charge in [-0.3, -0.25) is 9.59 Å². The third-order valence-electron chi connectivity index (χ3n) is 3.92. The quantitative estimate of drug-likeness (QED) is 0.714. The largest absolute Gasteiger partial charge is 0.492 e. The van der Waals surface area contributed by atoms with Gasteiger partial charge in [0.25, 0.3) is 0 Å². The number of fused-ring (bicyclic) bond motifs is 1. The molecule has 2 rings (SSSR count). The van der Waals surface area contributed by atoms with Crippen molar-refractivity contribution < 1.29 is 19.4 Å². The highest BCUT2D eigenvalue weighted by Crippen LogP contribution is 2.29. The average molecular weight is 340 g/mol. The number of carbonyl (C=O) groups is 2. The van der Waals surface area contributed by atoms with Gasteiger partial charge in [0.05, 0.1) is 5.92 Å². The van der Waals surface area contributed by atoms with Crippen molar-refractivity contribution in [2.24, 2.45) is 5.92 Å². The van der Waals surface area contributed by atoms with E-state index in [1.54, 1.807) is 6.07 Å². The summed E-state index contributed by atoms with van der Waals surface area (Å²) in [5.41, 5.74) is 0.970. The summed E-state index contributed by atoms with van der Waals surface area (Å²) in [6.07, 6.45) is 4.21. The summed E-state index contributed by atoms with van der Waals surface area (Å²) in [4.78, 5) is 22.6. The van der Waals surface area contributed by atoms with E-state index in [4.69, 9.17) is 21.4 Å². The van der Waals surface area contributed by atoms with Gasteiger partial charge in [-0.25, -0.2) is 0 Å².